The van der Waals surface area contributed by atoms with Crippen molar-refractivity contribution in [1.82, 2.24) is 10.4 Å². The number of halogens is 1. The summed E-state index contributed by atoms with van der Waals surface area (Å²) in [5, 5.41) is 16.0. The monoisotopic (exact) mass is 552 g/mol. The van der Waals surface area contributed by atoms with E-state index in [2.05, 4.69) is 15.5 Å². The average molecular weight is 552 g/mol. The van der Waals surface area contributed by atoms with E-state index < -0.39 is 10.8 Å². The van der Waals surface area contributed by atoms with Crippen molar-refractivity contribution in [3.05, 3.63) is 97.6 Å². The highest BCUT2D eigenvalue weighted by Crippen LogP contribution is 2.33. The van der Waals surface area contributed by atoms with Crippen molar-refractivity contribution in [2.24, 2.45) is 5.10 Å². The minimum absolute atomic E-state index is 0.176. The third kappa shape index (κ3) is 4.82. The van der Waals surface area contributed by atoms with Crippen LogP contribution in [0, 0.1) is 13.7 Å². The first-order chi connectivity index (χ1) is 16.0. The van der Waals surface area contributed by atoms with Gasteiger partial charge in [-0.2, -0.15) is 5.10 Å². The largest absolute Gasteiger partial charge is 0.489 e. The first-order valence-corrected chi connectivity index (χ1v) is 10.9. The number of pyridine rings is 1. The van der Waals surface area contributed by atoms with Crippen LogP contribution in [0.3, 0.4) is 0 Å². The predicted molar refractivity (Wildman–Crippen MR) is 135 cm³/mol. The van der Waals surface area contributed by atoms with Gasteiger partial charge in [-0.3, -0.25) is 14.9 Å². The molecule has 164 valence electrons. The average Bonchev–Trinajstić information content (AvgIpc) is 2.83. The molecule has 3 aromatic carbocycles. The molecule has 0 bridgehead atoms. The first-order valence-electron chi connectivity index (χ1n) is 9.78. The number of rotatable bonds is 6. The number of methoxy groups -OCH3 is 1. The smallest absolute Gasteiger partial charge is 0.312 e. The summed E-state index contributed by atoms with van der Waals surface area (Å²) in [5.41, 5.74) is 5.46. The van der Waals surface area contributed by atoms with Crippen LogP contribution in [0.5, 0.6) is 5.75 Å². The van der Waals surface area contributed by atoms with E-state index in [9.17, 15) is 14.9 Å². The molecule has 1 heterocycles. The number of nitrogens with one attached hydrogen (secondary N) is 1. The fourth-order valence-corrected chi connectivity index (χ4v) is 4.21. The summed E-state index contributed by atoms with van der Waals surface area (Å²) >= 11 is 1.95. The molecule has 8 nitrogen and oxygen atoms in total. The standard InChI is InChI=1S/C24H17IN4O4/c1-33-23-19(25)11-15(12-22(23)29(31)32)14-26-28-24(30)18-13-21(16-7-3-2-4-8-16)27-20-10-6-5-9-17(18)20/h2-14H,1H3,(H,28,30)/b26-14+. The molecule has 1 N–H and O–H groups in total. The zero-order valence-corrected chi connectivity index (χ0v) is 19.5. The molecule has 0 radical (unpaired) electrons. The van der Waals surface area contributed by atoms with Crippen LogP contribution < -0.4 is 10.2 Å². The summed E-state index contributed by atoms with van der Waals surface area (Å²) in [5.74, 6) is -0.238. The van der Waals surface area contributed by atoms with Gasteiger partial charge < -0.3 is 4.74 Å². The fraction of sp³-hybridized carbons (Fsp3) is 0.0417. The second-order valence-electron chi connectivity index (χ2n) is 6.95. The highest BCUT2D eigenvalue weighted by atomic mass is 127. The van der Waals surface area contributed by atoms with E-state index in [-0.39, 0.29) is 11.4 Å². The number of hydrogen-bond donors (Lipinski definition) is 1. The normalized spacial score (nSPS) is 11.0. The molecule has 0 saturated carbocycles. The summed E-state index contributed by atoms with van der Waals surface area (Å²) in [6, 6.07) is 21.7. The van der Waals surface area contributed by atoms with Gasteiger partial charge in [-0.25, -0.2) is 10.4 Å². The molecule has 0 fully saturated rings. The second kappa shape index (κ2) is 9.74. The molecule has 1 amide bonds. The zero-order chi connectivity index (χ0) is 23.4. The van der Waals surface area contributed by atoms with E-state index in [0.717, 1.165) is 5.56 Å². The molecule has 0 spiro atoms. The zero-order valence-electron chi connectivity index (χ0n) is 17.4. The van der Waals surface area contributed by atoms with Crippen LogP contribution in [0.2, 0.25) is 0 Å². The Hall–Kier alpha value is -3.86. The molecule has 4 aromatic rings. The number of nitrogens with zero attached hydrogens (tertiary/aromatic N) is 3. The Morgan fingerprint density at radius 2 is 1.85 bits per heavy atom. The lowest BCUT2D eigenvalue weighted by Crippen LogP contribution is -2.18. The van der Waals surface area contributed by atoms with Gasteiger partial charge in [0.2, 0.25) is 5.75 Å². The van der Waals surface area contributed by atoms with Gasteiger partial charge in [-0.1, -0.05) is 48.5 Å². The Kier molecular flexibility index (Phi) is 6.59. The maximum atomic E-state index is 13.0. The van der Waals surface area contributed by atoms with Crippen LogP contribution in [-0.2, 0) is 0 Å². The molecule has 1 aromatic heterocycles. The molecule has 0 saturated heterocycles. The third-order valence-electron chi connectivity index (χ3n) is 4.86. The fourth-order valence-electron chi connectivity index (χ4n) is 3.36. The number of fused-ring (bicyclic) bond motifs is 1. The molecule has 0 aliphatic heterocycles. The molecule has 0 aliphatic rings. The number of amides is 1. The van der Waals surface area contributed by atoms with Crippen LogP contribution in [0.25, 0.3) is 22.2 Å². The maximum absolute atomic E-state index is 13.0. The number of carbonyl (C=O) groups is 1. The Balaban J connectivity index is 1.65. The molecule has 9 heteroatoms. The van der Waals surface area contributed by atoms with Crippen molar-refractivity contribution in [2.45, 2.75) is 0 Å². The van der Waals surface area contributed by atoms with Crippen molar-refractivity contribution in [2.75, 3.05) is 7.11 Å². The summed E-state index contributed by atoms with van der Waals surface area (Å²) in [6.07, 6.45) is 1.36. The lowest BCUT2D eigenvalue weighted by molar-refractivity contribution is -0.385. The van der Waals surface area contributed by atoms with Crippen molar-refractivity contribution >= 4 is 51.3 Å². The molecule has 0 unspecified atom stereocenters. The minimum atomic E-state index is -0.523. The Morgan fingerprint density at radius 1 is 1.12 bits per heavy atom. The summed E-state index contributed by atoms with van der Waals surface area (Å²) in [6.45, 7) is 0. The van der Waals surface area contributed by atoms with Crippen molar-refractivity contribution in [3.8, 4) is 17.0 Å². The topological polar surface area (TPSA) is 107 Å². The number of carbonyl (C=O) groups excluding carboxylic acids is 1. The van der Waals surface area contributed by atoms with Crippen molar-refractivity contribution in [3.63, 3.8) is 0 Å². The number of para-hydroxylation sites is 1. The summed E-state index contributed by atoms with van der Waals surface area (Å²) < 4.78 is 5.67. The van der Waals surface area contributed by atoms with E-state index >= 15 is 0 Å². The number of ether oxygens (including phenoxy) is 1. The minimum Gasteiger partial charge on any atom is -0.489 e. The van der Waals surface area contributed by atoms with Crippen molar-refractivity contribution < 1.29 is 14.5 Å². The van der Waals surface area contributed by atoms with Crippen LogP contribution in [0.4, 0.5) is 5.69 Å². The number of nitro groups is 1. The molecule has 0 aliphatic carbocycles. The van der Waals surface area contributed by atoms with Gasteiger partial charge in [0.15, 0.2) is 0 Å². The Bertz CT molecular complexity index is 1390. The van der Waals surface area contributed by atoms with E-state index in [1.807, 2.05) is 77.2 Å². The van der Waals surface area contributed by atoms with Gasteiger partial charge in [0.1, 0.15) is 0 Å². The SMILES string of the molecule is COc1c(I)cc(/C=N/NC(=O)c2cc(-c3ccccc3)nc3ccccc23)cc1[N+](=O)[O-]. The Labute approximate surface area is 202 Å². The van der Waals surface area contributed by atoms with Crippen LogP contribution in [0.1, 0.15) is 15.9 Å². The molecule has 33 heavy (non-hydrogen) atoms. The lowest BCUT2D eigenvalue weighted by atomic mass is 10.0. The molecule has 0 atom stereocenters. The van der Waals surface area contributed by atoms with Gasteiger partial charge >= 0.3 is 5.69 Å². The third-order valence-corrected chi connectivity index (χ3v) is 5.66. The number of benzene rings is 3. The van der Waals surface area contributed by atoms with Gasteiger partial charge in [-0.05, 0) is 40.8 Å². The summed E-state index contributed by atoms with van der Waals surface area (Å²) in [7, 11) is 1.38. The maximum Gasteiger partial charge on any atom is 0.312 e. The number of nitro benzene ring substituents is 1. The van der Waals surface area contributed by atoms with Crippen molar-refractivity contribution in [1.29, 1.82) is 0 Å². The number of aromatic nitrogens is 1. The highest BCUT2D eigenvalue weighted by molar-refractivity contribution is 14.1. The Morgan fingerprint density at radius 3 is 2.58 bits per heavy atom. The highest BCUT2D eigenvalue weighted by Gasteiger charge is 2.19. The predicted octanol–water partition coefficient (Wildman–Crippen LogP) is 5.19. The van der Waals surface area contributed by atoms with Gasteiger partial charge in [0.05, 0.1) is 38.6 Å². The van der Waals surface area contributed by atoms with E-state index in [1.165, 1.54) is 19.4 Å². The van der Waals surface area contributed by atoms with Crippen LogP contribution in [-0.4, -0.2) is 29.1 Å². The van der Waals surface area contributed by atoms with E-state index in [4.69, 9.17) is 4.74 Å². The van der Waals surface area contributed by atoms with Gasteiger partial charge in [0.25, 0.3) is 5.91 Å². The van der Waals surface area contributed by atoms with Gasteiger partial charge in [-0.15, -0.1) is 0 Å². The van der Waals surface area contributed by atoms with Gasteiger partial charge in [0, 0.05) is 22.6 Å². The van der Waals surface area contributed by atoms with E-state index in [1.54, 1.807) is 12.1 Å². The number of hydrazone groups is 1. The summed E-state index contributed by atoms with van der Waals surface area (Å²) in [4.78, 5) is 28.5. The first kappa shape index (κ1) is 22.3. The molecular formula is C24H17IN4O4. The lowest BCUT2D eigenvalue weighted by Gasteiger charge is -2.09. The van der Waals surface area contributed by atoms with Crippen LogP contribution in [0.15, 0.2) is 77.9 Å². The van der Waals surface area contributed by atoms with Crippen LogP contribution >= 0.6 is 22.6 Å². The number of hydrogen-bond acceptors (Lipinski definition) is 6. The quantitative estimate of drug-likeness (QED) is 0.154. The molecule has 4 rings (SSSR count). The molecular weight excluding hydrogens is 535 g/mol. The second-order valence-corrected chi connectivity index (χ2v) is 8.11. The van der Waals surface area contributed by atoms with E-state index in [0.29, 0.717) is 31.3 Å².